The fourth-order valence-corrected chi connectivity index (χ4v) is 2.88. The third kappa shape index (κ3) is 7.46. The molecule has 3 aromatic rings. The van der Waals surface area contributed by atoms with Gasteiger partial charge in [-0.25, -0.2) is 4.39 Å². The van der Waals surface area contributed by atoms with Crippen LogP contribution in [0.2, 0.25) is 0 Å². The van der Waals surface area contributed by atoms with Crippen LogP contribution in [0, 0.1) is 12.7 Å². The molecular formula is C25H24FN3O4. The van der Waals surface area contributed by atoms with Crippen LogP contribution in [0.4, 0.5) is 10.1 Å². The first-order valence-corrected chi connectivity index (χ1v) is 10.3. The van der Waals surface area contributed by atoms with E-state index in [-0.39, 0.29) is 42.7 Å². The molecule has 0 unspecified atom stereocenters. The quantitative estimate of drug-likeness (QED) is 0.467. The van der Waals surface area contributed by atoms with Gasteiger partial charge in [0.25, 0.3) is 11.8 Å². The summed E-state index contributed by atoms with van der Waals surface area (Å²) in [5, 5.41) is 7.89. The van der Waals surface area contributed by atoms with Crippen molar-refractivity contribution in [2.45, 2.75) is 13.5 Å². The molecular weight excluding hydrogens is 425 g/mol. The van der Waals surface area contributed by atoms with Crippen molar-refractivity contribution in [1.29, 1.82) is 0 Å². The molecule has 33 heavy (non-hydrogen) atoms. The number of hydrogen-bond donors (Lipinski definition) is 3. The highest BCUT2D eigenvalue weighted by Gasteiger charge is 2.14. The number of ether oxygens (including phenoxy) is 1. The monoisotopic (exact) mass is 449 g/mol. The fourth-order valence-electron chi connectivity index (χ4n) is 2.88. The second-order valence-corrected chi connectivity index (χ2v) is 7.28. The third-order valence-corrected chi connectivity index (χ3v) is 4.64. The lowest BCUT2D eigenvalue weighted by molar-refractivity contribution is -0.120. The van der Waals surface area contributed by atoms with E-state index in [2.05, 4.69) is 16.0 Å². The standard InChI is InChI=1S/C25H24FN3O4/c1-17-6-12-20(13-7-17)29-24(31)16-33-22-5-3-2-4-21(22)25(32)28-15-23(30)27-14-18-8-10-19(26)11-9-18/h2-13H,14-16H2,1H3,(H,27,30)(H,28,32)(H,29,31). The Bertz CT molecular complexity index is 1120. The molecule has 0 aromatic heterocycles. The van der Waals surface area contributed by atoms with Crippen LogP contribution in [0.25, 0.3) is 0 Å². The van der Waals surface area contributed by atoms with Crippen LogP contribution in [0.3, 0.4) is 0 Å². The summed E-state index contributed by atoms with van der Waals surface area (Å²) in [4.78, 5) is 36.7. The van der Waals surface area contributed by atoms with Crippen LogP contribution in [-0.2, 0) is 16.1 Å². The van der Waals surface area contributed by atoms with E-state index in [4.69, 9.17) is 4.74 Å². The van der Waals surface area contributed by atoms with Gasteiger partial charge in [0.15, 0.2) is 6.61 Å². The first-order valence-electron chi connectivity index (χ1n) is 10.3. The summed E-state index contributed by atoms with van der Waals surface area (Å²) in [5.74, 6) is -1.41. The maximum atomic E-state index is 12.9. The molecule has 0 saturated carbocycles. The van der Waals surface area contributed by atoms with Crippen molar-refractivity contribution in [3.05, 3.63) is 95.3 Å². The number of amides is 3. The van der Waals surface area contributed by atoms with E-state index < -0.39 is 11.8 Å². The van der Waals surface area contributed by atoms with E-state index in [0.29, 0.717) is 5.69 Å². The molecule has 0 heterocycles. The molecule has 3 N–H and O–H groups in total. The SMILES string of the molecule is Cc1ccc(NC(=O)COc2ccccc2C(=O)NCC(=O)NCc2ccc(F)cc2)cc1. The Morgan fingerprint density at radius 1 is 0.848 bits per heavy atom. The summed E-state index contributed by atoms with van der Waals surface area (Å²) < 4.78 is 18.5. The average molecular weight is 449 g/mol. The van der Waals surface area contributed by atoms with Crippen molar-refractivity contribution >= 4 is 23.4 Å². The number of hydrogen-bond acceptors (Lipinski definition) is 4. The lowest BCUT2D eigenvalue weighted by Crippen LogP contribution is -2.36. The number of anilines is 1. The van der Waals surface area contributed by atoms with Crippen molar-refractivity contribution in [3.8, 4) is 5.75 Å². The number of benzene rings is 3. The van der Waals surface area contributed by atoms with E-state index >= 15 is 0 Å². The van der Waals surface area contributed by atoms with Gasteiger partial charge in [-0.2, -0.15) is 0 Å². The summed E-state index contributed by atoms with van der Waals surface area (Å²) in [7, 11) is 0. The summed E-state index contributed by atoms with van der Waals surface area (Å²) in [6.45, 7) is 1.63. The van der Waals surface area contributed by atoms with Crippen LogP contribution in [-0.4, -0.2) is 30.9 Å². The van der Waals surface area contributed by atoms with Crippen LogP contribution < -0.4 is 20.7 Å². The van der Waals surface area contributed by atoms with Gasteiger partial charge >= 0.3 is 0 Å². The lowest BCUT2D eigenvalue weighted by Gasteiger charge is -2.12. The minimum absolute atomic E-state index is 0.201. The molecule has 0 fully saturated rings. The lowest BCUT2D eigenvalue weighted by atomic mass is 10.2. The van der Waals surface area contributed by atoms with Gasteiger partial charge in [0.1, 0.15) is 11.6 Å². The zero-order valence-electron chi connectivity index (χ0n) is 18.1. The number of carbonyl (C=O) groups excluding carboxylic acids is 3. The van der Waals surface area contributed by atoms with Gasteiger partial charge < -0.3 is 20.7 Å². The summed E-state index contributed by atoms with van der Waals surface area (Å²) >= 11 is 0. The van der Waals surface area contributed by atoms with Crippen molar-refractivity contribution in [2.75, 3.05) is 18.5 Å². The average Bonchev–Trinajstić information content (AvgIpc) is 2.82. The van der Waals surface area contributed by atoms with Crippen LogP contribution in [0.5, 0.6) is 5.75 Å². The Kier molecular flexibility index (Phi) is 8.13. The topological polar surface area (TPSA) is 96.5 Å². The summed E-state index contributed by atoms with van der Waals surface area (Å²) in [5.41, 5.74) is 2.66. The maximum Gasteiger partial charge on any atom is 0.262 e. The van der Waals surface area contributed by atoms with Gasteiger partial charge in [-0.3, -0.25) is 14.4 Å². The van der Waals surface area contributed by atoms with E-state index in [1.807, 2.05) is 19.1 Å². The Morgan fingerprint density at radius 3 is 2.27 bits per heavy atom. The molecule has 8 heteroatoms. The highest BCUT2D eigenvalue weighted by Crippen LogP contribution is 2.18. The number of para-hydroxylation sites is 1. The van der Waals surface area contributed by atoms with Crippen molar-refractivity contribution in [3.63, 3.8) is 0 Å². The molecule has 170 valence electrons. The molecule has 0 radical (unpaired) electrons. The number of nitrogens with one attached hydrogen (secondary N) is 3. The number of halogens is 1. The van der Waals surface area contributed by atoms with Crippen molar-refractivity contribution in [1.82, 2.24) is 10.6 Å². The van der Waals surface area contributed by atoms with Gasteiger partial charge in [0.05, 0.1) is 12.1 Å². The highest BCUT2D eigenvalue weighted by molar-refractivity contribution is 5.99. The van der Waals surface area contributed by atoms with E-state index in [0.717, 1.165) is 11.1 Å². The smallest absolute Gasteiger partial charge is 0.262 e. The first kappa shape index (κ1) is 23.5. The van der Waals surface area contributed by atoms with Gasteiger partial charge in [-0.1, -0.05) is 42.0 Å². The molecule has 0 spiro atoms. The number of rotatable bonds is 9. The first-order chi connectivity index (χ1) is 15.9. The van der Waals surface area contributed by atoms with Gasteiger partial charge in [0, 0.05) is 12.2 Å². The Hall–Kier alpha value is -4.20. The van der Waals surface area contributed by atoms with Gasteiger partial charge in [-0.05, 0) is 48.9 Å². The Labute approximate surface area is 191 Å². The minimum Gasteiger partial charge on any atom is -0.483 e. The molecule has 0 atom stereocenters. The Balaban J connectivity index is 1.48. The van der Waals surface area contributed by atoms with Crippen LogP contribution >= 0.6 is 0 Å². The maximum absolute atomic E-state index is 12.9. The molecule has 0 aliphatic carbocycles. The van der Waals surface area contributed by atoms with Crippen LogP contribution in [0.15, 0.2) is 72.8 Å². The molecule has 3 rings (SSSR count). The number of carbonyl (C=O) groups is 3. The normalized spacial score (nSPS) is 10.2. The third-order valence-electron chi connectivity index (χ3n) is 4.64. The molecule has 0 bridgehead atoms. The molecule has 7 nitrogen and oxygen atoms in total. The summed E-state index contributed by atoms with van der Waals surface area (Å²) in [6.07, 6.45) is 0. The van der Waals surface area contributed by atoms with Crippen molar-refractivity contribution < 1.29 is 23.5 Å². The molecule has 0 aliphatic heterocycles. The molecule has 0 saturated heterocycles. The minimum atomic E-state index is -0.513. The van der Waals surface area contributed by atoms with Crippen LogP contribution in [0.1, 0.15) is 21.5 Å². The van der Waals surface area contributed by atoms with Gasteiger partial charge in [0.2, 0.25) is 5.91 Å². The predicted octanol–water partition coefficient (Wildman–Crippen LogP) is 3.20. The molecule has 0 aliphatic rings. The number of aryl methyl sites for hydroxylation is 1. The fraction of sp³-hybridized carbons (Fsp3) is 0.160. The van der Waals surface area contributed by atoms with E-state index in [9.17, 15) is 18.8 Å². The zero-order valence-corrected chi connectivity index (χ0v) is 18.1. The largest absolute Gasteiger partial charge is 0.483 e. The van der Waals surface area contributed by atoms with Gasteiger partial charge in [-0.15, -0.1) is 0 Å². The second kappa shape index (κ2) is 11.4. The molecule has 3 aromatic carbocycles. The highest BCUT2D eigenvalue weighted by atomic mass is 19.1. The van der Waals surface area contributed by atoms with E-state index in [1.54, 1.807) is 48.5 Å². The molecule has 3 amide bonds. The summed E-state index contributed by atoms with van der Waals surface area (Å²) in [6, 6.07) is 19.5. The predicted molar refractivity (Wildman–Crippen MR) is 122 cm³/mol. The Morgan fingerprint density at radius 2 is 1.55 bits per heavy atom. The van der Waals surface area contributed by atoms with Crippen molar-refractivity contribution in [2.24, 2.45) is 0 Å². The zero-order chi connectivity index (χ0) is 23.6. The second-order valence-electron chi connectivity index (χ2n) is 7.28. The van der Waals surface area contributed by atoms with E-state index in [1.165, 1.54) is 12.1 Å².